The molecular weight excluding hydrogens is 388 g/mol. The molecule has 0 aliphatic carbocycles. The van der Waals surface area contributed by atoms with Crippen LogP contribution < -0.4 is 14.8 Å². The molecule has 6 nitrogen and oxygen atoms in total. The molecule has 0 aromatic heterocycles. The lowest BCUT2D eigenvalue weighted by Gasteiger charge is -2.09. The molecule has 2 N–H and O–H groups in total. The molecule has 3 aromatic rings. The fourth-order valence-electron chi connectivity index (χ4n) is 2.63. The topological polar surface area (TPSA) is 84.5 Å². The number of rotatable bonds is 9. The SMILES string of the molecule is O=C(COc1ccccc1)Nc1ccc(CCNS(=O)(=O)c2ccccc2)cc1. The molecule has 0 heterocycles. The normalized spacial score (nSPS) is 11.0. The van der Waals surface area contributed by atoms with Crippen molar-refractivity contribution in [2.75, 3.05) is 18.5 Å². The number of anilines is 1. The predicted molar refractivity (Wildman–Crippen MR) is 112 cm³/mol. The molecular formula is C22H22N2O4S. The van der Waals surface area contributed by atoms with Gasteiger partial charge in [0.25, 0.3) is 5.91 Å². The van der Waals surface area contributed by atoms with E-state index in [9.17, 15) is 13.2 Å². The Morgan fingerprint density at radius 2 is 1.45 bits per heavy atom. The number of amides is 1. The summed E-state index contributed by atoms with van der Waals surface area (Å²) in [4.78, 5) is 12.2. The minimum atomic E-state index is -3.50. The fourth-order valence-corrected chi connectivity index (χ4v) is 3.68. The Labute approximate surface area is 170 Å². The van der Waals surface area contributed by atoms with E-state index in [1.165, 1.54) is 0 Å². The van der Waals surface area contributed by atoms with Crippen LogP contribution in [-0.2, 0) is 21.2 Å². The van der Waals surface area contributed by atoms with Crippen LogP contribution in [0, 0.1) is 0 Å². The molecule has 0 saturated carbocycles. The second-order valence-electron chi connectivity index (χ2n) is 6.31. The summed E-state index contributed by atoms with van der Waals surface area (Å²) in [6.07, 6.45) is 0.539. The Morgan fingerprint density at radius 3 is 2.10 bits per heavy atom. The number of para-hydroxylation sites is 1. The van der Waals surface area contributed by atoms with Crippen molar-refractivity contribution >= 4 is 21.6 Å². The van der Waals surface area contributed by atoms with E-state index in [4.69, 9.17) is 4.74 Å². The first kappa shape index (κ1) is 20.6. The van der Waals surface area contributed by atoms with E-state index in [0.717, 1.165) is 5.56 Å². The van der Waals surface area contributed by atoms with Crippen LogP contribution in [0.1, 0.15) is 5.56 Å². The smallest absolute Gasteiger partial charge is 0.262 e. The van der Waals surface area contributed by atoms with Gasteiger partial charge in [-0.3, -0.25) is 4.79 Å². The third-order valence-corrected chi connectivity index (χ3v) is 5.59. The molecule has 0 saturated heterocycles. The molecule has 0 radical (unpaired) electrons. The fraction of sp³-hybridized carbons (Fsp3) is 0.136. The number of nitrogens with one attached hydrogen (secondary N) is 2. The molecule has 0 spiro atoms. The summed E-state index contributed by atoms with van der Waals surface area (Å²) in [5, 5.41) is 2.77. The van der Waals surface area contributed by atoms with Crippen molar-refractivity contribution in [3.8, 4) is 5.75 Å². The van der Waals surface area contributed by atoms with Gasteiger partial charge in [-0.2, -0.15) is 0 Å². The van der Waals surface area contributed by atoms with Crippen molar-refractivity contribution in [3.63, 3.8) is 0 Å². The van der Waals surface area contributed by atoms with Gasteiger partial charge in [0.1, 0.15) is 5.75 Å². The number of hydrogen-bond donors (Lipinski definition) is 2. The summed E-state index contributed by atoms with van der Waals surface area (Å²) < 4.78 is 32.4. The van der Waals surface area contributed by atoms with Crippen LogP contribution in [0.3, 0.4) is 0 Å². The molecule has 0 aliphatic heterocycles. The lowest BCUT2D eigenvalue weighted by atomic mass is 10.1. The Balaban J connectivity index is 1.44. The number of benzene rings is 3. The highest BCUT2D eigenvalue weighted by molar-refractivity contribution is 7.89. The maximum Gasteiger partial charge on any atom is 0.262 e. The molecule has 29 heavy (non-hydrogen) atoms. The number of carbonyl (C=O) groups excluding carboxylic acids is 1. The Hall–Kier alpha value is -3.16. The first-order chi connectivity index (χ1) is 14.0. The molecule has 3 rings (SSSR count). The van der Waals surface area contributed by atoms with Crippen LogP contribution in [0.2, 0.25) is 0 Å². The van der Waals surface area contributed by atoms with Crippen LogP contribution in [0.25, 0.3) is 0 Å². The van der Waals surface area contributed by atoms with Gasteiger partial charge in [-0.1, -0.05) is 48.5 Å². The summed E-state index contributed by atoms with van der Waals surface area (Å²) in [6.45, 7) is 0.209. The van der Waals surface area contributed by atoms with Gasteiger partial charge in [0.15, 0.2) is 6.61 Å². The molecule has 0 atom stereocenters. The van der Waals surface area contributed by atoms with E-state index in [-0.39, 0.29) is 24.0 Å². The van der Waals surface area contributed by atoms with E-state index < -0.39 is 10.0 Å². The molecule has 1 amide bonds. The van der Waals surface area contributed by atoms with E-state index >= 15 is 0 Å². The molecule has 0 aliphatic rings. The second kappa shape index (κ2) is 9.86. The summed E-state index contributed by atoms with van der Waals surface area (Å²) >= 11 is 0. The van der Waals surface area contributed by atoms with Gasteiger partial charge in [-0.15, -0.1) is 0 Å². The second-order valence-corrected chi connectivity index (χ2v) is 8.07. The average molecular weight is 410 g/mol. The predicted octanol–water partition coefficient (Wildman–Crippen LogP) is 3.23. The number of carbonyl (C=O) groups is 1. The number of sulfonamides is 1. The van der Waals surface area contributed by atoms with Crippen molar-refractivity contribution in [3.05, 3.63) is 90.5 Å². The van der Waals surface area contributed by atoms with Gasteiger partial charge in [0, 0.05) is 12.2 Å². The Kier molecular flexibility index (Phi) is 6.99. The summed E-state index contributed by atoms with van der Waals surface area (Å²) in [5.41, 5.74) is 1.61. The van der Waals surface area contributed by atoms with Crippen molar-refractivity contribution in [1.29, 1.82) is 0 Å². The monoisotopic (exact) mass is 410 g/mol. The van der Waals surface area contributed by atoms with Crippen LogP contribution in [0.5, 0.6) is 5.75 Å². The van der Waals surface area contributed by atoms with E-state index in [2.05, 4.69) is 10.0 Å². The van der Waals surface area contributed by atoms with Crippen LogP contribution in [0.4, 0.5) is 5.69 Å². The largest absolute Gasteiger partial charge is 0.484 e. The summed E-state index contributed by atoms with van der Waals surface area (Å²) in [5.74, 6) is 0.383. The highest BCUT2D eigenvalue weighted by Crippen LogP contribution is 2.12. The molecule has 7 heteroatoms. The van der Waals surface area contributed by atoms with Crippen molar-refractivity contribution in [2.24, 2.45) is 0 Å². The maximum atomic E-state index is 12.2. The van der Waals surface area contributed by atoms with Crippen molar-refractivity contribution in [2.45, 2.75) is 11.3 Å². The van der Waals surface area contributed by atoms with Gasteiger partial charge in [0.2, 0.25) is 10.0 Å². The first-order valence-electron chi connectivity index (χ1n) is 9.14. The van der Waals surface area contributed by atoms with E-state index in [1.54, 1.807) is 54.6 Å². The van der Waals surface area contributed by atoms with E-state index in [0.29, 0.717) is 17.9 Å². The van der Waals surface area contributed by atoms with Gasteiger partial charge in [-0.05, 0) is 48.4 Å². The average Bonchev–Trinajstić information content (AvgIpc) is 2.75. The quantitative estimate of drug-likeness (QED) is 0.567. The van der Waals surface area contributed by atoms with Gasteiger partial charge in [-0.25, -0.2) is 13.1 Å². The van der Waals surface area contributed by atoms with Crippen LogP contribution in [0.15, 0.2) is 89.8 Å². The lowest BCUT2D eigenvalue weighted by Crippen LogP contribution is -2.25. The third kappa shape index (κ3) is 6.44. The zero-order valence-corrected chi connectivity index (χ0v) is 16.6. The Morgan fingerprint density at radius 1 is 0.828 bits per heavy atom. The minimum Gasteiger partial charge on any atom is -0.484 e. The number of hydrogen-bond acceptors (Lipinski definition) is 4. The lowest BCUT2D eigenvalue weighted by molar-refractivity contribution is -0.118. The van der Waals surface area contributed by atoms with Crippen LogP contribution >= 0.6 is 0 Å². The summed E-state index contributed by atoms with van der Waals surface area (Å²) in [7, 11) is -3.50. The molecule has 0 bridgehead atoms. The van der Waals surface area contributed by atoms with Gasteiger partial charge < -0.3 is 10.1 Å². The van der Waals surface area contributed by atoms with Gasteiger partial charge >= 0.3 is 0 Å². The standard InChI is InChI=1S/C22H22N2O4S/c25-22(17-28-20-7-3-1-4-8-20)24-19-13-11-18(12-14-19)15-16-23-29(26,27)21-9-5-2-6-10-21/h1-14,23H,15-17H2,(H,24,25). The third-order valence-electron chi connectivity index (χ3n) is 4.11. The molecule has 0 fully saturated rings. The highest BCUT2D eigenvalue weighted by Gasteiger charge is 2.12. The zero-order chi connectivity index (χ0) is 20.5. The van der Waals surface area contributed by atoms with Crippen molar-refractivity contribution in [1.82, 2.24) is 4.72 Å². The molecule has 150 valence electrons. The van der Waals surface area contributed by atoms with Crippen molar-refractivity contribution < 1.29 is 17.9 Å². The summed E-state index contributed by atoms with van der Waals surface area (Å²) in [6, 6.07) is 24.6. The highest BCUT2D eigenvalue weighted by atomic mass is 32.2. The zero-order valence-electron chi connectivity index (χ0n) is 15.7. The van der Waals surface area contributed by atoms with Gasteiger partial charge in [0.05, 0.1) is 4.90 Å². The van der Waals surface area contributed by atoms with Crippen LogP contribution in [-0.4, -0.2) is 27.5 Å². The number of ether oxygens (including phenoxy) is 1. The molecule has 3 aromatic carbocycles. The first-order valence-corrected chi connectivity index (χ1v) is 10.6. The molecule has 0 unspecified atom stereocenters. The van der Waals surface area contributed by atoms with E-state index in [1.807, 2.05) is 30.3 Å². The maximum absolute atomic E-state index is 12.2. The Bertz CT molecular complexity index is 1020. The minimum absolute atomic E-state index is 0.0764.